The SMILES string of the molecule is Cc1nc(Cl)nc(CF)n1. The summed E-state index contributed by atoms with van der Waals surface area (Å²) in [5.74, 6) is 0.519. The first-order valence-corrected chi connectivity index (χ1v) is 3.03. The summed E-state index contributed by atoms with van der Waals surface area (Å²) in [6.07, 6.45) is 0. The van der Waals surface area contributed by atoms with E-state index in [1.54, 1.807) is 6.92 Å². The van der Waals surface area contributed by atoms with Crippen molar-refractivity contribution in [1.29, 1.82) is 0 Å². The smallest absolute Gasteiger partial charge is 0.225 e. The zero-order valence-corrected chi connectivity index (χ0v) is 6.06. The minimum absolute atomic E-state index is 0.0418. The number of aromatic nitrogens is 3. The van der Waals surface area contributed by atoms with Gasteiger partial charge in [-0.2, -0.15) is 4.98 Å². The monoisotopic (exact) mass is 161 g/mol. The fourth-order valence-corrected chi connectivity index (χ4v) is 0.781. The normalized spacial score (nSPS) is 9.90. The van der Waals surface area contributed by atoms with Gasteiger partial charge in [0.05, 0.1) is 0 Å². The lowest BCUT2D eigenvalue weighted by atomic mass is 10.6. The fourth-order valence-electron chi connectivity index (χ4n) is 0.562. The quantitative estimate of drug-likeness (QED) is 0.623. The highest BCUT2D eigenvalue weighted by atomic mass is 35.5. The summed E-state index contributed by atoms with van der Waals surface area (Å²) in [6, 6.07) is 0. The summed E-state index contributed by atoms with van der Waals surface area (Å²) in [7, 11) is 0. The molecular formula is C5H5ClFN3. The Labute approximate surface area is 62.3 Å². The van der Waals surface area contributed by atoms with E-state index in [-0.39, 0.29) is 11.1 Å². The van der Waals surface area contributed by atoms with Crippen LogP contribution in [0.25, 0.3) is 0 Å². The largest absolute Gasteiger partial charge is 0.242 e. The molecule has 1 aromatic rings. The van der Waals surface area contributed by atoms with Gasteiger partial charge in [-0.25, -0.2) is 14.4 Å². The van der Waals surface area contributed by atoms with Gasteiger partial charge in [-0.05, 0) is 18.5 Å². The van der Waals surface area contributed by atoms with Gasteiger partial charge in [0.1, 0.15) is 12.5 Å². The average Bonchev–Trinajstić information content (AvgIpc) is 1.85. The molecule has 1 rings (SSSR count). The summed E-state index contributed by atoms with van der Waals surface area (Å²) >= 11 is 5.40. The van der Waals surface area contributed by atoms with Crippen LogP contribution in [0.3, 0.4) is 0 Å². The molecule has 10 heavy (non-hydrogen) atoms. The molecule has 0 spiro atoms. The average molecular weight is 162 g/mol. The van der Waals surface area contributed by atoms with E-state index in [2.05, 4.69) is 15.0 Å². The second kappa shape index (κ2) is 2.88. The number of nitrogens with zero attached hydrogens (tertiary/aromatic N) is 3. The van der Waals surface area contributed by atoms with E-state index >= 15 is 0 Å². The summed E-state index contributed by atoms with van der Waals surface area (Å²) in [6.45, 7) is 0.926. The lowest BCUT2D eigenvalue weighted by Gasteiger charge is -1.94. The van der Waals surface area contributed by atoms with Crippen LogP contribution in [0.15, 0.2) is 0 Å². The fraction of sp³-hybridized carbons (Fsp3) is 0.400. The van der Waals surface area contributed by atoms with Gasteiger partial charge in [0, 0.05) is 0 Å². The molecule has 3 nitrogen and oxygen atoms in total. The van der Waals surface area contributed by atoms with Crippen molar-refractivity contribution in [3.63, 3.8) is 0 Å². The molecule has 5 heteroatoms. The van der Waals surface area contributed by atoms with Crippen LogP contribution in [-0.4, -0.2) is 15.0 Å². The molecule has 0 bridgehead atoms. The van der Waals surface area contributed by atoms with Gasteiger partial charge in [0.15, 0.2) is 5.82 Å². The van der Waals surface area contributed by atoms with Gasteiger partial charge < -0.3 is 0 Å². The molecule has 0 aliphatic rings. The van der Waals surface area contributed by atoms with Gasteiger partial charge in [0.2, 0.25) is 5.28 Å². The molecule has 0 saturated carbocycles. The summed E-state index contributed by atoms with van der Waals surface area (Å²) < 4.78 is 11.9. The van der Waals surface area contributed by atoms with Crippen LogP contribution in [0.5, 0.6) is 0 Å². The standard InChI is InChI=1S/C5H5ClFN3/c1-3-8-4(2-7)10-5(6)9-3/h2H2,1H3. The molecule has 0 atom stereocenters. The lowest BCUT2D eigenvalue weighted by molar-refractivity contribution is 0.462. The first-order chi connectivity index (χ1) is 4.72. The molecule has 0 radical (unpaired) electrons. The third-order valence-electron chi connectivity index (χ3n) is 0.886. The van der Waals surface area contributed by atoms with Crippen molar-refractivity contribution in [2.24, 2.45) is 0 Å². The van der Waals surface area contributed by atoms with Crippen molar-refractivity contribution in [2.45, 2.75) is 13.6 Å². The van der Waals surface area contributed by atoms with Crippen LogP contribution in [0.4, 0.5) is 4.39 Å². The van der Waals surface area contributed by atoms with E-state index in [0.29, 0.717) is 5.82 Å². The summed E-state index contributed by atoms with van der Waals surface area (Å²) in [4.78, 5) is 10.9. The molecule has 0 fully saturated rings. The maximum absolute atomic E-state index is 11.9. The zero-order chi connectivity index (χ0) is 7.56. The topological polar surface area (TPSA) is 38.7 Å². The second-order valence-corrected chi connectivity index (χ2v) is 2.04. The maximum atomic E-state index is 11.9. The third kappa shape index (κ3) is 1.60. The molecule has 0 aliphatic carbocycles. The Morgan fingerprint density at radius 3 is 2.60 bits per heavy atom. The van der Waals surface area contributed by atoms with Gasteiger partial charge in [0.25, 0.3) is 0 Å². The van der Waals surface area contributed by atoms with Gasteiger partial charge in [-0.1, -0.05) is 0 Å². The molecule has 0 N–H and O–H groups in total. The molecule has 0 aromatic carbocycles. The van der Waals surface area contributed by atoms with Gasteiger partial charge >= 0.3 is 0 Å². The van der Waals surface area contributed by atoms with Crippen LogP contribution in [0.2, 0.25) is 5.28 Å². The number of rotatable bonds is 1. The van der Waals surface area contributed by atoms with E-state index in [0.717, 1.165) is 0 Å². The number of alkyl halides is 1. The molecule has 0 unspecified atom stereocenters. The van der Waals surface area contributed by atoms with E-state index < -0.39 is 6.67 Å². The number of halogens is 2. The number of hydrogen-bond donors (Lipinski definition) is 0. The van der Waals surface area contributed by atoms with Crippen molar-refractivity contribution in [1.82, 2.24) is 15.0 Å². The van der Waals surface area contributed by atoms with Crippen LogP contribution in [0.1, 0.15) is 11.6 Å². The van der Waals surface area contributed by atoms with Crippen molar-refractivity contribution in [3.8, 4) is 0 Å². The highest BCUT2D eigenvalue weighted by Crippen LogP contribution is 2.01. The van der Waals surface area contributed by atoms with E-state index in [9.17, 15) is 4.39 Å². The number of aryl methyl sites for hydroxylation is 1. The van der Waals surface area contributed by atoms with Crippen molar-refractivity contribution >= 4 is 11.6 Å². The summed E-state index contributed by atoms with van der Waals surface area (Å²) in [5, 5.41) is 0.0418. The molecule has 0 amide bonds. The Morgan fingerprint density at radius 2 is 2.10 bits per heavy atom. The van der Waals surface area contributed by atoms with Crippen LogP contribution in [0, 0.1) is 6.92 Å². The van der Waals surface area contributed by atoms with Crippen LogP contribution < -0.4 is 0 Å². The number of hydrogen-bond acceptors (Lipinski definition) is 3. The van der Waals surface area contributed by atoms with Crippen LogP contribution >= 0.6 is 11.6 Å². The highest BCUT2D eigenvalue weighted by molar-refractivity contribution is 6.28. The predicted molar refractivity (Wildman–Crippen MR) is 34.4 cm³/mol. The highest BCUT2D eigenvalue weighted by Gasteiger charge is 1.99. The molecule has 1 aromatic heterocycles. The molecule has 54 valence electrons. The van der Waals surface area contributed by atoms with Crippen LogP contribution in [-0.2, 0) is 6.67 Å². The van der Waals surface area contributed by atoms with E-state index in [4.69, 9.17) is 11.6 Å². The van der Waals surface area contributed by atoms with E-state index in [1.807, 2.05) is 0 Å². The van der Waals surface area contributed by atoms with Crippen molar-refractivity contribution in [2.75, 3.05) is 0 Å². The maximum Gasteiger partial charge on any atom is 0.225 e. The Bertz CT molecular complexity index is 220. The minimum atomic E-state index is -0.705. The third-order valence-corrected chi connectivity index (χ3v) is 1.05. The Morgan fingerprint density at radius 1 is 1.40 bits per heavy atom. The second-order valence-electron chi connectivity index (χ2n) is 1.70. The Kier molecular flexibility index (Phi) is 2.11. The predicted octanol–water partition coefficient (Wildman–Crippen LogP) is 1.30. The summed E-state index contributed by atoms with van der Waals surface area (Å²) in [5.41, 5.74) is 0. The first kappa shape index (κ1) is 7.34. The molecule has 1 heterocycles. The van der Waals surface area contributed by atoms with E-state index in [1.165, 1.54) is 0 Å². The minimum Gasteiger partial charge on any atom is -0.242 e. The van der Waals surface area contributed by atoms with Gasteiger partial charge in [-0.15, -0.1) is 0 Å². The Hall–Kier alpha value is -0.770. The molecular weight excluding hydrogens is 157 g/mol. The zero-order valence-electron chi connectivity index (χ0n) is 5.30. The lowest BCUT2D eigenvalue weighted by Crippen LogP contribution is -1.97. The molecule has 0 aliphatic heterocycles. The van der Waals surface area contributed by atoms with Gasteiger partial charge in [-0.3, -0.25) is 0 Å². The van der Waals surface area contributed by atoms with Crippen molar-refractivity contribution in [3.05, 3.63) is 16.9 Å². The molecule has 0 saturated heterocycles. The van der Waals surface area contributed by atoms with Crippen molar-refractivity contribution < 1.29 is 4.39 Å². The first-order valence-electron chi connectivity index (χ1n) is 2.65. The Balaban J connectivity index is 3.06.